The van der Waals surface area contributed by atoms with E-state index in [1.807, 2.05) is 13.0 Å². The largest absolute Gasteiger partial charge is 0.364 e. The number of hydrogen-bond donors (Lipinski definition) is 2. The van der Waals surface area contributed by atoms with Crippen molar-refractivity contribution in [1.82, 2.24) is 19.6 Å². The lowest BCUT2D eigenvalue weighted by atomic mass is 9.75. The first kappa shape index (κ1) is 11.3. The van der Waals surface area contributed by atoms with Crippen LogP contribution in [0, 0.1) is 6.92 Å². The van der Waals surface area contributed by atoms with E-state index in [0.29, 0.717) is 11.5 Å². The van der Waals surface area contributed by atoms with Gasteiger partial charge >= 0.3 is 5.69 Å². The summed E-state index contributed by atoms with van der Waals surface area (Å²) in [5.74, 6) is 1.46. The molecule has 0 amide bonds. The van der Waals surface area contributed by atoms with Crippen LogP contribution in [0.15, 0.2) is 10.9 Å². The van der Waals surface area contributed by atoms with Gasteiger partial charge in [0, 0.05) is 11.6 Å². The van der Waals surface area contributed by atoms with Crippen molar-refractivity contribution in [3.63, 3.8) is 0 Å². The Morgan fingerprint density at radius 1 is 1.56 bits per heavy atom. The lowest BCUT2D eigenvalue weighted by Crippen LogP contribution is -2.44. The molecule has 0 aromatic carbocycles. The second kappa shape index (κ2) is 3.83. The van der Waals surface area contributed by atoms with Gasteiger partial charge in [-0.1, -0.05) is 6.92 Å². The van der Waals surface area contributed by atoms with Gasteiger partial charge in [0.25, 0.3) is 0 Å². The van der Waals surface area contributed by atoms with Crippen molar-refractivity contribution in [3.05, 3.63) is 22.4 Å². The third kappa shape index (κ3) is 1.60. The van der Waals surface area contributed by atoms with Crippen molar-refractivity contribution in [2.24, 2.45) is 0 Å². The molecule has 2 aromatic rings. The number of aryl methyl sites for hydroxylation is 1. The molecule has 1 aliphatic rings. The normalized spacial score (nSPS) is 17.7. The third-order valence-corrected chi connectivity index (χ3v) is 3.95. The molecule has 0 spiro atoms. The summed E-state index contributed by atoms with van der Waals surface area (Å²) in [5.41, 5.74) is 0.560. The Kier molecular flexibility index (Phi) is 2.39. The maximum absolute atomic E-state index is 11.5. The number of hydrogen-bond acceptors (Lipinski definition) is 4. The van der Waals surface area contributed by atoms with Crippen LogP contribution in [0.25, 0.3) is 5.65 Å². The Bertz CT molecular complexity index is 632. The highest BCUT2D eigenvalue weighted by Gasteiger charge is 2.35. The van der Waals surface area contributed by atoms with Gasteiger partial charge < -0.3 is 5.32 Å². The fourth-order valence-corrected chi connectivity index (χ4v) is 2.60. The van der Waals surface area contributed by atoms with Gasteiger partial charge in [-0.2, -0.15) is 5.10 Å². The van der Waals surface area contributed by atoms with Gasteiger partial charge in [0.1, 0.15) is 11.6 Å². The zero-order chi connectivity index (χ0) is 12.8. The highest BCUT2D eigenvalue weighted by Crippen LogP contribution is 2.37. The fourth-order valence-electron chi connectivity index (χ4n) is 2.60. The number of fused-ring (bicyclic) bond motifs is 1. The van der Waals surface area contributed by atoms with E-state index in [0.717, 1.165) is 12.2 Å². The molecule has 0 saturated heterocycles. The van der Waals surface area contributed by atoms with Crippen molar-refractivity contribution >= 4 is 11.5 Å². The van der Waals surface area contributed by atoms with Crippen LogP contribution in [0.2, 0.25) is 0 Å². The van der Waals surface area contributed by atoms with Gasteiger partial charge in [0.05, 0.1) is 0 Å². The molecular weight excluding hydrogens is 230 g/mol. The summed E-state index contributed by atoms with van der Waals surface area (Å²) in [7, 11) is 0. The fraction of sp³-hybridized carbons (Fsp3) is 0.583. The highest BCUT2D eigenvalue weighted by atomic mass is 16.1. The molecule has 2 aromatic heterocycles. The van der Waals surface area contributed by atoms with E-state index in [1.54, 1.807) is 0 Å². The van der Waals surface area contributed by atoms with Crippen LogP contribution < -0.4 is 11.0 Å². The van der Waals surface area contributed by atoms with Crippen molar-refractivity contribution in [2.75, 3.05) is 5.32 Å². The molecule has 0 unspecified atom stereocenters. The molecule has 96 valence electrons. The summed E-state index contributed by atoms with van der Waals surface area (Å²) in [6, 6.07) is 1.82. The van der Waals surface area contributed by atoms with Crippen LogP contribution in [0.3, 0.4) is 0 Å². The van der Waals surface area contributed by atoms with Crippen LogP contribution in [0.1, 0.15) is 38.4 Å². The maximum atomic E-state index is 11.5. The number of rotatable bonds is 3. The molecule has 0 bridgehead atoms. The van der Waals surface area contributed by atoms with Gasteiger partial charge in [0.2, 0.25) is 0 Å². The smallest absolute Gasteiger partial charge is 0.349 e. The molecule has 6 nitrogen and oxygen atoms in total. The quantitative estimate of drug-likeness (QED) is 0.861. The molecule has 3 rings (SSSR count). The van der Waals surface area contributed by atoms with E-state index in [1.165, 1.54) is 23.7 Å². The minimum atomic E-state index is -0.240. The number of anilines is 1. The predicted octanol–water partition coefficient (Wildman–Crippen LogP) is 1.47. The second-order valence-electron chi connectivity index (χ2n) is 5.02. The molecule has 0 aliphatic heterocycles. The van der Waals surface area contributed by atoms with E-state index < -0.39 is 0 Å². The van der Waals surface area contributed by atoms with Crippen LogP contribution in [-0.2, 0) is 0 Å². The van der Waals surface area contributed by atoms with E-state index in [2.05, 4.69) is 27.4 Å². The van der Waals surface area contributed by atoms with Crippen LogP contribution in [-0.4, -0.2) is 25.1 Å². The van der Waals surface area contributed by atoms with E-state index >= 15 is 0 Å². The molecule has 1 fully saturated rings. The number of H-pyrrole nitrogens is 1. The minimum Gasteiger partial charge on any atom is -0.364 e. The predicted molar refractivity (Wildman–Crippen MR) is 68.8 cm³/mol. The summed E-state index contributed by atoms with van der Waals surface area (Å²) in [4.78, 5) is 15.9. The molecule has 0 atom stereocenters. The lowest BCUT2D eigenvalue weighted by molar-refractivity contribution is 0.269. The van der Waals surface area contributed by atoms with Crippen molar-refractivity contribution in [2.45, 2.75) is 45.1 Å². The Morgan fingerprint density at radius 3 is 2.94 bits per heavy atom. The summed E-state index contributed by atoms with van der Waals surface area (Å²) < 4.78 is 1.48. The Labute approximate surface area is 104 Å². The molecule has 6 heteroatoms. The van der Waals surface area contributed by atoms with E-state index in [-0.39, 0.29) is 11.2 Å². The van der Waals surface area contributed by atoms with Crippen molar-refractivity contribution in [3.8, 4) is 0 Å². The number of nitrogens with zero attached hydrogens (tertiary/aromatic N) is 3. The summed E-state index contributed by atoms with van der Waals surface area (Å²) >= 11 is 0. The first-order valence-electron chi connectivity index (χ1n) is 6.36. The molecule has 2 N–H and O–H groups in total. The summed E-state index contributed by atoms with van der Waals surface area (Å²) in [6.45, 7) is 4.01. The Hall–Kier alpha value is -1.85. The van der Waals surface area contributed by atoms with Gasteiger partial charge in [-0.15, -0.1) is 0 Å². The zero-order valence-electron chi connectivity index (χ0n) is 10.7. The SMILES string of the molecule is CCC1(Nc2cc3n[nH]c(=O)n3c(C)n2)CCC1. The van der Waals surface area contributed by atoms with Gasteiger partial charge in [0.15, 0.2) is 5.65 Å². The molecule has 18 heavy (non-hydrogen) atoms. The first-order chi connectivity index (χ1) is 8.63. The second-order valence-corrected chi connectivity index (χ2v) is 5.02. The van der Waals surface area contributed by atoms with Gasteiger partial charge in [-0.3, -0.25) is 0 Å². The topological polar surface area (TPSA) is 75.1 Å². The zero-order valence-corrected chi connectivity index (χ0v) is 10.7. The molecule has 2 heterocycles. The summed E-state index contributed by atoms with van der Waals surface area (Å²) in [6.07, 6.45) is 4.72. The Morgan fingerprint density at radius 2 is 2.33 bits per heavy atom. The number of nitrogens with one attached hydrogen (secondary N) is 2. The van der Waals surface area contributed by atoms with Crippen molar-refractivity contribution < 1.29 is 0 Å². The van der Waals surface area contributed by atoms with Crippen LogP contribution in [0.4, 0.5) is 5.82 Å². The number of aromatic amines is 1. The summed E-state index contributed by atoms with van der Waals surface area (Å²) in [5, 5.41) is 9.93. The van der Waals surface area contributed by atoms with E-state index in [9.17, 15) is 4.79 Å². The Balaban J connectivity index is 2.00. The number of aromatic nitrogens is 4. The van der Waals surface area contributed by atoms with Crippen molar-refractivity contribution in [1.29, 1.82) is 0 Å². The van der Waals surface area contributed by atoms with E-state index in [4.69, 9.17) is 0 Å². The average Bonchev–Trinajstić information content (AvgIpc) is 2.66. The maximum Gasteiger partial charge on any atom is 0.349 e. The molecular formula is C12H17N5O. The van der Waals surface area contributed by atoms with Gasteiger partial charge in [-0.05, 0) is 32.6 Å². The van der Waals surface area contributed by atoms with Crippen LogP contribution >= 0.6 is 0 Å². The van der Waals surface area contributed by atoms with Crippen LogP contribution in [0.5, 0.6) is 0 Å². The molecule has 0 radical (unpaired) electrons. The monoisotopic (exact) mass is 247 g/mol. The first-order valence-corrected chi connectivity index (χ1v) is 6.36. The highest BCUT2D eigenvalue weighted by molar-refractivity contribution is 5.51. The molecule has 1 saturated carbocycles. The van der Waals surface area contributed by atoms with Gasteiger partial charge in [-0.25, -0.2) is 19.3 Å². The molecule has 1 aliphatic carbocycles. The third-order valence-electron chi connectivity index (χ3n) is 3.95. The lowest BCUT2D eigenvalue weighted by Gasteiger charge is -2.42. The average molecular weight is 247 g/mol. The standard InChI is InChI=1S/C12H17N5O/c1-3-12(5-4-6-12)14-9-7-10-15-16-11(18)17(10)8(2)13-9/h7,14H,3-6H2,1-2H3,(H,16,18). The minimum absolute atomic E-state index is 0.189.